The Hall–Kier alpha value is -4.77. The van der Waals surface area contributed by atoms with Crippen LogP contribution in [0.3, 0.4) is 0 Å². The first-order valence-electron chi connectivity index (χ1n) is 11.9. The Balaban J connectivity index is 2.05. The SMILES string of the molecule is CN(C(=O)C(OC(=O)c1ccccc1)C(=O)Nc1ccc(C(F)(F)F)c(C(F)(F)F)c1)c1ccc(C(F)(F)F)c(C(F)(F)F)c1. The number of amides is 2. The van der Waals surface area contributed by atoms with Gasteiger partial charge in [-0.15, -0.1) is 0 Å². The Labute approximate surface area is 244 Å². The van der Waals surface area contributed by atoms with Gasteiger partial charge in [0.25, 0.3) is 17.9 Å². The number of nitrogens with zero attached hydrogens (tertiary/aromatic N) is 1. The molecule has 18 heteroatoms. The maximum Gasteiger partial charge on any atom is 0.417 e. The first-order chi connectivity index (χ1) is 20.5. The van der Waals surface area contributed by atoms with Crippen molar-refractivity contribution in [2.24, 2.45) is 0 Å². The summed E-state index contributed by atoms with van der Waals surface area (Å²) in [6.45, 7) is 0. The summed E-state index contributed by atoms with van der Waals surface area (Å²) < 4.78 is 164. The highest BCUT2D eigenvalue weighted by Gasteiger charge is 2.45. The van der Waals surface area contributed by atoms with Gasteiger partial charge in [-0.25, -0.2) is 4.79 Å². The van der Waals surface area contributed by atoms with E-state index >= 15 is 0 Å². The van der Waals surface area contributed by atoms with Crippen molar-refractivity contribution >= 4 is 29.2 Å². The molecular formula is C27H16F12N2O4. The largest absolute Gasteiger partial charge is 0.438 e. The molecule has 0 saturated carbocycles. The Morgan fingerprint density at radius 2 is 1.11 bits per heavy atom. The topological polar surface area (TPSA) is 75.7 Å². The number of likely N-dealkylation sites (N-methyl/N-ethyl adjacent to an activating group) is 1. The first-order valence-corrected chi connectivity index (χ1v) is 11.9. The van der Waals surface area contributed by atoms with Crippen LogP contribution in [0, 0.1) is 0 Å². The molecule has 2 amide bonds. The highest BCUT2D eigenvalue weighted by molar-refractivity contribution is 6.15. The van der Waals surface area contributed by atoms with Crippen molar-refractivity contribution in [2.75, 3.05) is 17.3 Å². The van der Waals surface area contributed by atoms with Crippen molar-refractivity contribution in [2.45, 2.75) is 30.8 Å². The smallest absolute Gasteiger partial charge is 0.417 e. The number of nitrogens with one attached hydrogen (secondary N) is 1. The molecule has 0 radical (unpaired) electrons. The lowest BCUT2D eigenvalue weighted by molar-refractivity contribution is -0.162. The Bertz CT molecular complexity index is 1580. The van der Waals surface area contributed by atoms with Crippen LogP contribution < -0.4 is 10.2 Å². The van der Waals surface area contributed by atoms with Crippen molar-refractivity contribution in [1.29, 1.82) is 0 Å². The second-order valence-electron chi connectivity index (χ2n) is 9.02. The Kier molecular flexibility index (Phi) is 9.50. The molecular weight excluding hydrogens is 644 g/mol. The Morgan fingerprint density at radius 3 is 1.60 bits per heavy atom. The van der Waals surface area contributed by atoms with Gasteiger partial charge in [0.1, 0.15) is 0 Å². The van der Waals surface area contributed by atoms with Gasteiger partial charge in [0.2, 0.25) is 0 Å². The van der Waals surface area contributed by atoms with E-state index in [1.807, 2.05) is 0 Å². The highest BCUT2D eigenvalue weighted by atomic mass is 19.4. The lowest BCUT2D eigenvalue weighted by Crippen LogP contribution is -2.46. The van der Waals surface area contributed by atoms with Gasteiger partial charge < -0.3 is 15.0 Å². The minimum atomic E-state index is -5.58. The summed E-state index contributed by atoms with van der Waals surface area (Å²) in [7, 11) is 0.682. The second-order valence-corrected chi connectivity index (χ2v) is 9.02. The fourth-order valence-electron chi connectivity index (χ4n) is 3.80. The molecule has 3 rings (SSSR count). The molecule has 0 aromatic heterocycles. The quantitative estimate of drug-likeness (QED) is 0.168. The number of benzene rings is 3. The number of carbonyl (C=O) groups is 3. The van der Waals surface area contributed by atoms with Gasteiger partial charge in [0.05, 0.1) is 27.8 Å². The molecule has 1 unspecified atom stereocenters. The lowest BCUT2D eigenvalue weighted by atomic mass is 10.0. The molecule has 0 saturated heterocycles. The average Bonchev–Trinajstić information content (AvgIpc) is 2.93. The number of halogens is 12. The molecule has 0 bridgehead atoms. The minimum absolute atomic E-state index is 0.00609. The standard InChI is InChI=1S/C27H16F12N2O4/c1-41(15-8-10-17(25(31,32)33)19(12-15)27(37,38)39)22(43)20(45-23(44)13-5-3-2-4-6-13)21(42)40-14-7-9-16(24(28,29)30)18(11-14)26(34,35)36/h2-12,20H,1H3,(H,40,42). The van der Waals surface area contributed by atoms with Crippen molar-refractivity contribution in [3.05, 3.63) is 94.5 Å². The van der Waals surface area contributed by atoms with Crippen LogP contribution >= 0.6 is 0 Å². The molecule has 0 aliphatic carbocycles. The van der Waals surface area contributed by atoms with Gasteiger partial charge in [-0.2, -0.15) is 52.7 Å². The van der Waals surface area contributed by atoms with E-state index in [4.69, 9.17) is 4.74 Å². The van der Waals surface area contributed by atoms with Gasteiger partial charge in [-0.05, 0) is 48.5 Å². The zero-order valence-electron chi connectivity index (χ0n) is 22.0. The van der Waals surface area contributed by atoms with Crippen molar-refractivity contribution in [1.82, 2.24) is 0 Å². The molecule has 0 aliphatic rings. The van der Waals surface area contributed by atoms with Crippen LogP contribution in [0.1, 0.15) is 32.6 Å². The predicted octanol–water partition coefficient (Wildman–Crippen LogP) is 7.59. The van der Waals surface area contributed by atoms with Crippen LogP contribution in [0.25, 0.3) is 0 Å². The maximum atomic E-state index is 13.4. The van der Waals surface area contributed by atoms with Gasteiger partial charge in [0, 0.05) is 18.4 Å². The molecule has 6 nitrogen and oxygen atoms in total. The van der Waals surface area contributed by atoms with E-state index in [1.165, 1.54) is 18.2 Å². The van der Waals surface area contributed by atoms with E-state index in [0.717, 1.165) is 12.1 Å². The fourth-order valence-corrected chi connectivity index (χ4v) is 3.80. The highest BCUT2D eigenvalue weighted by Crippen LogP contribution is 2.43. The zero-order valence-corrected chi connectivity index (χ0v) is 22.0. The molecule has 0 heterocycles. The molecule has 3 aromatic rings. The van der Waals surface area contributed by atoms with E-state index in [1.54, 1.807) is 5.32 Å². The van der Waals surface area contributed by atoms with Crippen LogP contribution in [0.15, 0.2) is 66.7 Å². The van der Waals surface area contributed by atoms with Crippen molar-refractivity contribution in [3.8, 4) is 0 Å². The molecule has 0 spiro atoms. The van der Waals surface area contributed by atoms with Crippen molar-refractivity contribution in [3.63, 3.8) is 0 Å². The number of hydrogen-bond acceptors (Lipinski definition) is 4. The number of ether oxygens (including phenoxy) is 1. The fraction of sp³-hybridized carbons (Fsp3) is 0.222. The molecule has 0 aliphatic heterocycles. The monoisotopic (exact) mass is 660 g/mol. The third-order valence-electron chi connectivity index (χ3n) is 5.93. The van der Waals surface area contributed by atoms with Crippen LogP contribution in [-0.4, -0.2) is 30.9 Å². The first kappa shape index (κ1) is 34.7. The minimum Gasteiger partial charge on any atom is -0.438 e. The normalized spacial score (nSPS) is 13.2. The number of carbonyl (C=O) groups excluding carboxylic acids is 3. The van der Waals surface area contributed by atoms with Gasteiger partial charge >= 0.3 is 30.7 Å². The van der Waals surface area contributed by atoms with Crippen LogP contribution in [0.2, 0.25) is 0 Å². The molecule has 45 heavy (non-hydrogen) atoms. The summed E-state index contributed by atoms with van der Waals surface area (Å²) in [6, 6.07) is 6.86. The average molecular weight is 660 g/mol. The van der Waals surface area contributed by atoms with Crippen molar-refractivity contribution < 1.29 is 71.8 Å². The molecule has 1 atom stereocenters. The van der Waals surface area contributed by atoms with Crippen LogP contribution in [0.4, 0.5) is 64.1 Å². The summed E-state index contributed by atoms with van der Waals surface area (Å²) in [4.78, 5) is 39.1. The molecule has 3 aromatic carbocycles. The number of esters is 1. The number of hydrogen-bond donors (Lipinski definition) is 1. The van der Waals surface area contributed by atoms with Gasteiger partial charge in [-0.1, -0.05) is 18.2 Å². The summed E-state index contributed by atoms with van der Waals surface area (Å²) >= 11 is 0. The summed E-state index contributed by atoms with van der Waals surface area (Å²) in [5.74, 6) is -4.89. The maximum absolute atomic E-state index is 13.4. The summed E-state index contributed by atoms with van der Waals surface area (Å²) in [5.41, 5.74) is -10.9. The van der Waals surface area contributed by atoms with E-state index < -0.39 is 82.2 Å². The van der Waals surface area contributed by atoms with E-state index in [2.05, 4.69) is 0 Å². The molecule has 1 N–H and O–H groups in total. The molecule has 242 valence electrons. The van der Waals surface area contributed by atoms with Crippen LogP contribution in [0.5, 0.6) is 0 Å². The summed E-state index contributed by atoms with van der Waals surface area (Å²) in [5, 5.41) is 1.68. The van der Waals surface area contributed by atoms with Gasteiger partial charge in [-0.3, -0.25) is 9.59 Å². The predicted molar refractivity (Wildman–Crippen MR) is 131 cm³/mol. The third-order valence-corrected chi connectivity index (χ3v) is 5.93. The number of rotatable bonds is 6. The zero-order chi connectivity index (χ0) is 34.1. The Morgan fingerprint density at radius 1 is 0.644 bits per heavy atom. The van der Waals surface area contributed by atoms with E-state index in [0.29, 0.717) is 19.2 Å². The van der Waals surface area contributed by atoms with E-state index in [9.17, 15) is 67.1 Å². The van der Waals surface area contributed by atoms with Gasteiger partial charge in [0.15, 0.2) is 0 Å². The third kappa shape index (κ3) is 8.24. The van der Waals surface area contributed by atoms with E-state index in [-0.39, 0.29) is 34.7 Å². The second kappa shape index (κ2) is 12.3. The van der Waals surface area contributed by atoms with Crippen LogP contribution in [-0.2, 0) is 39.0 Å². The molecule has 0 fully saturated rings. The number of alkyl halides is 12. The lowest BCUT2D eigenvalue weighted by Gasteiger charge is -2.25. The summed E-state index contributed by atoms with van der Waals surface area (Å²) in [6.07, 6.45) is -24.8. The number of anilines is 2.